The maximum absolute atomic E-state index is 13.2. The number of likely N-dealkylation sites (tertiary alicyclic amines) is 1. The summed E-state index contributed by atoms with van der Waals surface area (Å²) >= 11 is 6.11. The topological polar surface area (TPSA) is 62.5 Å². The molecule has 1 aromatic heterocycles. The van der Waals surface area contributed by atoms with Crippen molar-refractivity contribution in [3.05, 3.63) is 46.6 Å². The van der Waals surface area contributed by atoms with E-state index in [9.17, 15) is 4.79 Å². The molecule has 0 unspecified atom stereocenters. The van der Waals surface area contributed by atoms with E-state index in [1.54, 1.807) is 0 Å². The molecule has 2 aliphatic rings. The minimum atomic E-state index is -0.102. The van der Waals surface area contributed by atoms with E-state index < -0.39 is 0 Å². The lowest BCUT2D eigenvalue weighted by Crippen LogP contribution is -2.39. The second-order valence-corrected chi connectivity index (χ2v) is 8.26. The van der Waals surface area contributed by atoms with Gasteiger partial charge in [-0.1, -0.05) is 23.7 Å². The Morgan fingerprint density at radius 1 is 1.33 bits per heavy atom. The molecule has 0 N–H and O–H groups in total. The van der Waals surface area contributed by atoms with Crippen molar-refractivity contribution in [3.63, 3.8) is 0 Å². The molecule has 1 amide bonds. The van der Waals surface area contributed by atoms with Crippen molar-refractivity contribution in [2.24, 2.45) is 5.92 Å². The van der Waals surface area contributed by atoms with Crippen molar-refractivity contribution in [3.8, 4) is 0 Å². The van der Waals surface area contributed by atoms with Gasteiger partial charge in [0.15, 0.2) is 0 Å². The fraction of sp³-hybridized carbons (Fsp3) is 0.550. The third-order valence-corrected chi connectivity index (χ3v) is 5.62. The van der Waals surface area contributed by atoms with Crippen LogP contribution in [0, 0.1) is 5.92 Å². The molecule has 2 aromatic rings. The maximum atomic E-state index is 13.2. The van der Waals surface area contributed by atoms with Gasteiger partial charge >= 0.3 is 0 Å². The third kappa shape index (κ3) is 4.01. The summed E-state index contributed by atoms with van der Waals surface area (Å²) in [6.45, 7) is 1.36. The van der Waals surface area contributed by atoms with Gasteiger partial charge in [-0.05, 0) is 63.4 Å². The molecule has 3 atom stereocenters. The lowest BCUT2D eigenvalue weighted by molar-refractivity contribution is -0.137. The molecular formula is C20H25ClN4O2. The second kappa shape index (κ2) is 7.60. The Morgan fingerprint density at radius 3 is 2.96 bits per heavy atom. The summed E-state index contributed by atoms with van der Waals surface area (Å²) in [7, 11) is 3.92. The zero-order valence-electron chi connectivity index (χ0n) is 15.8. The molecule has 4 rings (SSSR count). The number of halogens is 1. The molecule has 6 nitrogen and oxygen atoms in total. The predicted octanol–water partition coefficient (Wildman–Crippen LogP) is 3.64. The number of rotatable bonds is 5. The van der Waals surface area contributed by atoms with E-state index >= 15 is 0 Å². The Hall–Kier alpha value is -1.92. The Labute approximate surface area is 164 Å². The zero-order chi connectivity index (χ0) is 19.0. The lowest BCUT2D eigenvalue weighted by atomic mass is 10.0. The van der Waals surface area contributed by atoms with Crippen LogP contribution in [0.15, 0.2) is 28.7 Å². The van der Waals surface area contributed by atoms with Gasteiger partial charge < -0.3 is 14.2 Å². The maximum Gasteiger partial charge on any atom is 0.239 e. The number of nitrogens with zero attached hydrogens (tertiary/aromatic N) is 4. The van der Waals surface area contributed by atoms with E-state index in [1.807, 2.05) is 42.1 Å². The summed E-state index contributed by atoms with van der Waals surface area (Å²) in [5.41, 5.74) is 1.15. The zero-order valence-corrected chi connectivity index (χ0v) is 16.5. The smallest absolute Gasteiger partial charge is 0.239 e. The average molecular weight is 389 g/mol. The Morgan fingerprint density at radius 2 is 2.19 bits per heavy atom. The summed E-state index contributed by atoms with van der Waals surface area (Å²) < 4.78 is 5.87. The number of carbonyl (C=O) groups is 1. The number of aromatic nitrogens is 2. The molecule has 27 heavy (non-hydrogen) atoms. The van der Waals surface area contributed by atoms with Gasteiger partial charge in [-0.15, -0.1) is 10.2 Å². The Kier molecular flexibility index (Phi) is 5.19. The van der Waals surface area contributed by atoms with E-state index in [1.165, 1.54) is 0 Å². The van der Waals surface area contributed by atoms with Crippen LogP contribution in [-0.4, -0.2) is 46.5 Å². The second-order valence-electron chi connectivity index (χ2n) is 7.82. The molecule has 0 spiro atoms. The van der Waals surface area contributed by atoms with E-state index in [4.69, 9.17) is 16.0 Å². The molecule has 2 fully saturated rings. The van der Waals surface area contributed by atoms with Crippen molar-refractivity contribution in [2.45, 2.75) is 44.2 Å². The van der Waals surface area contributed by atoms with Gasteiger partial charge in [0.1, 0.15) is 6.04 Å². The van der Waals surface area contributed by atoms with Gasteiger partial charge in [-0.2, -0.15) is 0 Å². The molecule has 1 saturated carbocycles. The lowest BCUT2D eigenvalue weighted by Gasteiger charge is -2.33. The highest BCUT2D eigenvalue weighted by Crippen LogP contribution is 2.50. The highest BCUT2D eigenvalue weighted by Gasteiger charge is 2.48. The van der Waals surface area contributed by atoms with Crippen LogP contribution < -0.4 is 0 Å². The predicted molar refractivity (Wildman–Crippen MR) is 102 cm³/mol. The summed E-state index contributed by atoms with van der Waals surface area (Å²) in [6.07, 6.45) is 3.86. The number of carbonyl (C=O) groups excluding carboxylic acids is 1. The molecule has 1 aliphatic carbocycles. The van der Waals surface area contributed by atoms with E-state index in [0.29, 0.717) is 18.3 Å². The Bertz CT molecular complexity index is 822. The number of benzene rings is 1. The summed E-state index contributed by atoms with van der Waals surface area (Å²) in [5, 5.41) is 9.11. The van der Waals surface area contributed by atoms with Gasteiger partial charge in [0.05, 0.1) is 6.54 Å². The average Bonchev–Trinajstić information content (AvgIpc) is 3.33. The molecule has 0 radical (unpaired) electrons. The molecule has 1 saturated heterocycles. The van der Waals surface area contributed by atoms with E-state index in [-0.39, 0.29) is 23.8 Å². The summed E-state index contributed by atoms with van der Waals surface area (Å²) in [6, 6.07) is 7.75. The van der Waals surface area contributed by atoms with Gasteiger partial charge in [0.2, 0.25) is 17.7 Å². The van der Waals surface area contributed by atoms with Gasteiger partial charge in [0, 0.05) is 17.5 Å². The van der Waals surface area contributed by atoms with Crippen molar-refractivity contribution >= 4 is 17.5 Å². The highest BCUT2D eigenvalue weighted by molar-refractivity contribution is 6.30. The normalized spacial score (nSPS) is 25.0. The first kappa shape index (κ1) is 18.4. The summed E-state index contributed by atoms with van der Waals surface area (Å²) in [4.78, 5) is 17.1. The largest absolute Gasteiger partial charge is 0.422 e. The molecule has 0 bridgehead atoms. The van der Waals surface area contributed by atoms with Crippen molar-refractivity contribution in [1.29, 1.82) is 0 Å². The number of piperidine rings is 1. The number of hydrogen-bond donors (Lipinski definition) is 0. The minimum Gasteiger partial charge on any atom is -0.422 e. The van der Waals surface area contributed by atoms with E-state index in [2.05, 4.69) is 16.3 Å². The summed E-state index contributed by atoms with van der Waals surface area (Å²) in [5.74, 6) is 1.67. The van der Waals surface area contributed by atoms with Crippen LogP contribution in [0.5, 0.6) is 0 Å². The van der Waals surface area contributed by atoms with Crippen molar-refractivity contribution < 1.29 is 9.21 Å². The van der Waals surface area contributed by atoms with Crippen molar-refractivity contribution in [1.82, 2.24) is 20.0 Å². The highest BCUT2D eigenvalue weighted by atomic mass is 35.5. The Balaban J connectivity index is 1.48. The molecule has 2 heterocycles. The fourth-order valence-corrected chi connectivity index (χ4v) is 4.17. The molecule has 1 aliphatic heterocycles. The molecule has 1 aromatic carbocycles. The minimum absolute atomic E-state index is 0.0354. The van der Waals surface area contributed by atoms with Gasteiger partial charge in [0.25, 0.3) is 0 Å². The van der Waals surface area contributed by atoms with Crippen LogP contribution in [0.25, 0.3) is 0 Å². The quantitative estimate of drug-likeness (QED) is 0.782. The first-order valence-electron chi connectivity index (χ1n) is 9.56. The van der Waals surface area contributed by atoms with Crippen LogP contribution in [0.3, 0.4) is 0 Å². The van der Waals surface area contributed by atoms with Gasteiger partial charge in [-0.3, -0.25) is 4.79 Å². The van der Waals surface area contributed by atoms with Crippen LogP contribution in [-0.2, 0) is 11.3 Å². The first-order chi connectivity index (χ1) is 13.0. The van der Waals surface area contributed by atoms with Crippen LogP contribution in [0.2, 0.25) is 5.02 Å². The fourth-order valence-electron chi connectivity index (χ4n) is 3.97. The molecule has 7 heteroatoms. The molecule has 144 valence electrons. The van der Waals surface area contributed by atoms with Crippen LogP contribution >= 0.6 is 11.6 Å². The standard InChI is InChI=1S/C20H25ClN4O2/c1-24(2)12-18-22-23-19(27-18)17-8-3-4-9-25(17)20(26)16-11-15(16)13-6-5-7-14(21)10-13/h5-7,10,15-17H,3-4,8-9,11-12H2,1-2H3/t15-,16+,17-/m0/s1. The van der Waals surface area contributed by atoms with Crippen LogP contribution in [0.4, 0.5) is 0 Å². The van der Waals surface area contributed by atoms with Crippen LogP contribution in [0.1, 0.15) is 55.0 Å². The third-order valence-electron chi connectivity index (χ3n) is 5.39. The number of hydrogen-bond acceptors (Lipinski definition) is 5. The van der Waals surface area contributed by atoms with Gasteiger partial charge in [-0.25, -0.2) is 0 Å². The monoisotopic (exact) mass is 388 g/mol. The van der Waals surface area contributed by atoms with E-state index in [0.717, 1.165) is 42.8 Å². The molecular weight excluding hydrogens is 364 g/mol. The number of amides is 1. The van der Waals surface area contributed by atoms with Crippen molar-refractivity contribution in [2.75, 3.05) is 20.6 Å². The SMILES string of the molecule is CN(C)Cc1nnc([C@@H]2CCCCN2C(=O)[C@@H]2C[C@H]2c2cccc(Cl)c2)o1. The first-order valence-corrected chi connectivity index (χ1v) is 9.93.